The van der Waals surface area contributed by atoms with Gasteiger partial charge >= 0.3 is 0 Å². The highest BCUT2D eigenvalue weighted by Crippen LogP contribution is 2.48. The first-order valence-electron chi connectivity index (χ1n) is 7.30. The summed E-state index contributed by atoms with van der Waals surface area (Å²) < 4.78 is 1.49. The van der Waals surface area contributed by atoms with Crippen molar-refractivity contribution in [3.8, 4) is 0 Å². The molecular formula is C15H10Br2N4O4. The standard InChI is InChI=1S/C15H10Br2N4O4/c16-10-1-3-12(20(22)23)8-5-19-7-18(14(8)10)6-9-13(21(24)25)4-2-11(17)15(9)19/h1-4H,5-7H2. The van der Waals surface area contributed by atoms with Crippen molar-refractivity contribution < 1.29 is 9.85 Å². The van der Waals surface area contributed by atoms with Gasteiger partial charge in [0.25, 0.3) is 11.4 Å². The molecule has 2 bridgehead atoms. The Labute approximate surface area is 158 Å². The van der Waals surface area contributed by atoms with Crippen molar-refractivity contribution in [3.05, 3.63) is 64.6 Å². The normalized spacial score (nSPS) is 14.8. The number of nitrogens with zero attached hydrogens (tertiary/aromatic N) is 4. The summed E-state index contributed by atoms with van der Waals surface area (Å²) >= 11 is 6.93. The molecule has 0 unspecified atom stereocenters. The van der Waals surface area contributed by atoms with E-state index in [1.165, 1.54) is 12.1 Å². The number of fused-ring (bicyclic) bond motifs is 6. The molecule has 0 aromatic heterocycles. The summed E-state index contributed by atoms with van der Waals surface area (Å²) in [6, 6.07) is 6.26. The van der Waals surface area contributed by atoms with E-state index < -0.39 is 9.85 Å². The maximum absolute atomic E-state index is 11.4. The van der Waals surface area contributed by atoms with Gasteiger partial charge in [-0.25, -0.2) is 0 Å². The molecule has 0 amide bonds. The Morgan fingerprint density at radius 1 is 0.800 bits per heavy atom. The van der Waals surface area contributed by atoms with E-state index in [0.29, 0.717) is 30.9 Å². The molecule has 0 spiro atoms. The second-order valence-electron chi connectivity index (χ2n) is 5.84. The van der Waals surface area contributed by atoms with Crippen molar-refractivity contribution in [1.82, 2.24) is 0 Å². The second-order valence-corrected chi connectivity index (χ2v) is 7.55. The van der Waals surface area contributed by atoms with Gasteiger partial charge in [-0.2, -0.15) is 0 Å². The van der Waals surface area contributed by atoms with E-state index in [2.05, 4.69) is 31.9 Å². The zero-order valence-electron chi connectivity index (χ0n) is 12.6. The molecule has 25 heavy (non-hydrogen) atoms. The first-order valence-corrected chi connectivity index (χ1v) is 8.88. The fourth-order valence-corrected chi connectivity index (χ4v) is 4.76. The minimum atomic E-state index is -0.391. The Kier molecular flexibility index (Phi) is 3.69. The van der Waals surface area contributed by atoms with Crippen LogP contribution in [-0.2, 0) is 13.1 Å². The SMILES string of the molecule is O=[N+]([O-])c1ccc(Br)c2c1CN1CN2Cc2c([N+](=O)[O-])ccc(Br)c21. The van der Waals surface area contributed by atoms with Gasteiger partial charge < -0.3 is 9.80 Å². The lowest BCUT2D eigenvalue weighted by Gasteiger charge is -2.44. The predicted molar refractivity (Wildman–Crippen MR) is 98.8 cm³/mol. The monoisotopic (exact) mass is 468 g/mol. The maximum Gasteiger partial charge on any atom is 0.276 e. The van der Waals surface area contributed by atoms with Crippen LogP contribution in [0.2, 0.25) is 0 Å². The summed E-state index contributed by atoms with van der Waals surface area (Å²) in [5, 5.41) is 22.8. The summed E-state index contributed by atoms with van der Waals surface area (Å²) in [6.07, 6.45) is 0. The maximum atomic E-state index is 11.4. The molecule has 10 heteroatoms. The first-order chi connectivity index (χ1) is 11.9. The summed E-state index contributed by atoms with van der Waals surface area (Å²) in [4.78, 5) is 25.9. The molecule has 4 rings (SSSR count). The Hall–Kier alpha value is -2.20. The van der Waals surface area contributed by atoms with Crippen LogP contribution in [0, 0.1) is 20.2 Å². The minimum absolute atomic E-state index is 0.0536. The lowest BCUT2D eigenvalue weighted by atomic mass is 9.99. The smallest absolute Gasteiger partial charge is 0.276 e. The fraction of sp³-hybridized carbons (Fsp3) is 0.200. The zero-order valence-corrected chi connectivity index (χ0v) is 15.8. The summed E-state index contributed by atoms with van der Waals surface area (Å²) in [6.45, 7) is 1.14. The van der Waals surface area contributed by atoms with Crippen LogP contribution in [0.15, 0.2) is 33.2 Å². The molecule has 2 aliphatic rings. The third kappa shape index (κ3) is 2.39. The molecular weight excluding hydrogens is 460 g/mol. The van der Waals surface area contributed by atoms with Gasteiger partial charge in [-0.15, -0.1) is 0 Å². The zero-order chi connectivity index (χ0) is 17.9. The van der Waals surface area contributed by atoms with Gasteiger partial charge in [0.15, 0.2) is 0 Å². The highest BCUT2D eigenvalue weighted by atomic mass is 79.9. The van der Waals surface area contributed by atoms with Gasteiger partial charge in [-0.1, -0.05) is 0 Å². The molecule has 0 atom stereocenters. The van der Waals surface area contributed by atoms with Crippen LogP contribution in [-0.4, -0.2) is 16.5 Å². The van der Waals surface area contributed by atoms with Gasteiger partial charge in [0.1, 0.15) is 0 Å². The van der Waals surface area contributed by atoms with E-state index in [1.54, 1.807) is 12.1 Å². The third-order valence-electron chi connectivity index (χ3n) is 4.48. The number of anilines is 2. The predicted octanol–water partition coefficient (Wildman–Crippen LogP) is 4.33. The van der Waals surface area contributed by atoms with Crippen LogP contribution in [0.25, 0.3) is 0 Å². The lowest BCUT2D eigenvalue weighted by molar-refractivity contribution is -0.385. The van der Waals surface area contributed by atoms with E-state index in [1.807, 2.05) is 9.80 Å². The van der Waals surface area contributed by atoms with Crippen LogP contribution in [0.4, 0.5) is 22.7 Å². The average molecular weight is 470 g/mol. The van der Waals surface area contributed by atoms with Crippen molar-refractivity contribution in [3.63, 3.8) is 0 Å². The average Bonchev–Trinajstić information content (AvgIpc) is 2.54. The number of rotatable bonds is 2. The van der Waals surface area contributed by atoms with Crippen molar-refractivity contribution in [2.75, 3.05) is 16.5 Å². The van der Waals surface area contributed by atoms with E-state index in [-0.39, 0.29) is 11.4 Å². The van der Waals surface area contributed by atoms with Crippen LogP contribution in [0.3, 0.4) is 0 Å². The topological polar surface area (TPSA) is 92.8 Å². The van der Waals surface area contributed by atoms with Crippen LogP contribution < -0.4 is 9.80 Å². The molecule has 2 heterocycles. The Morgan fingerprint density at radius 3 is 1.56 bits per heavy atom. The van der Waals surface area contributed by atoms with Gasteiger partial charge in [0.05, 0.1) is 52.1 Å². The Balaban J connectivity index is 1.93. The third-order valence-corrected chi connectivity index (χ3v) is 5.76. The van der Waals surface area contributed by atoms with Crippen molar-refractivity contribution in [1.29, 1.82) is 0 Å². The molecule has 8 nitrogen and oxygen atoms in total. The minimum Gasteiger partial charge on any atom is -0.348 e. The highest BCUT2D eigenvalue weighted by molar-refractivity contribution is 9.11. The molecule has 0 saturated carbocycles. The molecule has 2 aromatic rings. The molecule has 128 valence electrons. The van der Waals surface area contributed by atoms with Gasteiger partial charge in [0, 0.05) is 21.1 Å². The number of benzene rings is 2. The second kappa shape index (κ2) is 5.67. The molecule has 0 radical (unpaired) electrons. The Morgan fingerprint density at radius 2 is 1.20 bits per heavy atom. The van der Waals surface area contributed by atoms with Gasteiger partial charge in [-0.3, -0.25) is 20.2 Å². The van der Waals surface area contributed by atoms with Crippen molar-refractivity contribution in [2.24, 2.45) is 0 Å². The van der Waals surface area contributed by atoms with E-state index in [0.717, 1.165) is 20.3 Å². The summed E-state index contributed by atoms with van der Waals surface area (Å²) in [5.74, 6) is 0. The van der Waals surface area contributed by atoms with E-state index in [4.69, 9.17) is 0 Å². The van der Waals surface area contributed by atoms with E-state index >= 15 is 0 Å². The quantitative estimate of drug-likeness (QED) is 0.480. The molecule has 2 aliphatic heterocycles. The summed E-state index contributed by atoms with van der Waals surface area (Å²) in [7, 11) is 0. The fourth-order valence-electron chi connectivity index (χ4n) is 3.52. The highest BCUT2D eigenvalue weighted by Gasteiger charge is 2.38. The molecule has 0 aliphatic carbocycles. The van der Waals surface area contributed by atoms with Crippen molar-refractivity contribution >= 4 is 54.6 Å². The summed E-state index contributed by atoms with van der Waals surface area (Å²) in [5.41, 5.74) is 2.77. The Bertz CT molecular complexity index is 874. The van der Waals surface area contributed by atoms with Gasteiger partial charge in [-0.05, 0) is 44.0 Å². The van der Waals surface area contributed by atoms with Crippen LogP contribution >= 0.6 is 31.9 Å². The number of halogens is 2. The molecule has 0 fully saturated rings. The molecule has 0 saturated heterocycles. The van der Waals surface area contributed by atoms with Crippen molar-refractivity contribution in [2.45, 2.75) is 13.1 Å². The number of hydrogen-bond donors (Lipinski definition) is 0. The van der Waals surface area contributed by atoms with Crippen LogP contribution in [0.1, 0.15) is 11.1 Å². The molecule has 2 aromatic carbocycles. The molecule has 0 N–H and O–H groups in total. The van der Waals surface area contributed by atoms with Crippen LogP contribution in [0.5, 0.6) is 0 Å². The van der Waals surface area contributed by atoms with E-state index in [9.17, 15) is 20.2 Å². The van der Waals surface area contributed by atoms with Gasteiger partial charge in [0.2, 0.25) is 0 Å². The largest absolute Gasteiger partial charge is 0.348 e. The lowest BCUT2D eigenvalue weighted by Crippen LogP contribution is -2.46. The first kappa shape index (κ1) is 16.3. The number of hydrogen-bond acceptors (Lipinski definition) is 6. The number of nitro groups is 2. The number of nitro benzene ring substituents is 2.